The number of methoxy groups -OCH3 is 1. The van der Waals surface area contributed by atoms with Crippen LogP contribution < -0.4 is 10.0 Å². The fourth-order valence-electron chi connectivity index (χ4n) is 1.59. The number of hydrogen-bond donors (Lipinski definition) is 2. The largest absolute Gasteiger partial charge is 0.385 e. The molecule has 20 heavy (non-hydrogen) atoms. The van der Waals surface area contributed by atoms with Crippen molar-refractivity contribution < 1.29 is 13.2 Å². The van der Waals surface area contributed by atoms with Gasteiger partial charge in [0.1, 0.15) is 4.21 Å². The van der Waals surface area contributed by atoms with Gasteiger partial charge >= 0.3 is 0 Å². The van der Waals surface area contributed by atoms with Gasteiger partial charge in [-0.25, -0.2) is 13.1 Å². The molecule has 116 valence electrons. The fraction of sp³-hybridized carbons (Fsp3) is 0.692. The van der Waals surface area contributed by atoms with Crippen LogP contribution in [0.25, 0.3) is 0 Å². The molecule has 1 atom stereocenters. The predicted octanol–water partition coefficient (Wildman–Crippen LogP) is 1.95. The maximum absolute atomic E-state index is 12.2. The Hall–Kier alpha value is -0.470. The number of ether oxygens (including phenoxy) is 1. The molecular formula is C13H24N2O3S2. The third-order valence-corrected chi connectivity index (χ3v) is 5.80. The highest BCUT2D eigenvalue weighted by Crippen LogP contribution is 2.20. The zero-order chi connectivity index (χ0) is 15.2. The molecule has 0 fully saturated rings. The van der Waals surface area contributed by atoms with Crippen molar-refractivity contribution in [3.05, 3.63) is 17.0 Å². The molecule has 0 aromatic carbocycles. The molecule has 0 radical (unpaired) electrons. The Labute approximate surface area is 125 Å². The third-order valence-electron chi connectivity index (χ3n) is 2.72. The SMILES string of the molecule is COCCC(C)NS(=O)(=O)c1cc(CNC(C)C)cs1. The Morgan fingerprint density at radius 3 is 2.65 bits per heavy atom. The van der Waals surface area contributed by atoms with Gasteiger partial charge in [-0.05, 0) is 30.4 Å². The molecule has 1 unspecified atom stereocenters. The molecule has 0 aliphatic rings. The minimum absolute atomic E-state index is 0.140. The van der Waals surface area contributed by atoms with E-state index in [2.05, 4.69) is 23.9 Å². The van der Waals surface area contributed by atoms with Gasteiger partial charge < -0.3 is 10.1 Å². The third kappa shape index (κ3) is 5.88. The van der Waals surface area contributed by atoms with Gasteiger partial charge in [0, 0.05) is 32.3 Å². The summed E-state index contributed by atoms with van der Waals surface area (Å²) < 4.78 is 32.4. The van der Waals surface area contributed by atoms with E-state index < -0.39 is 10.0 Å². The molecule has 7 heteroatoms. The molecular weight excluding hydrogens is 296 g/mol. The van der Waals surface area contributed by atoms with Gasteiger partial charge in [0.05, 0.1) is 0 Å². The smallest absolute Gasteiger partial charge is 0.250 e. The van der Waals surface area contributed by atoms with E-state index in [4.69, 9.17) is 4.74 Å². The van der Waals surface area contributed by atoms with E-state index in [0.717, 1.165) is 5.56 Å². The van der Waals surface area contributed by atoms with Gasteiger partial charge in [-0.3, -0.25) is 0 Å². The molecule has 1 aromatic rings. The molecule has 0 spiro atoms. The van der Waals surface area contributed by atoms with Crippen LogP contribution in [0.3, 0.4) is 0 Å². The molecule has 0 aliphatic carbocycles. The molecule has 0 aliphatic heterocycles. The molecule has 5 nitrogen and oxygen atoms in total. The van der Waals surface area contributed by atoms with Crippen molar-refractivity contribution in [2.24, 2.45) is 0 Å². The molecule has 0 saturated carbocycles. The quantitative estimate of drug-likeness (QED) is 0.730. The number of nitrogens with one attached hydrogen (secondary N) is 2. The fourth-order valence-corrected chi connectivity index (χ4v) is 4.09. The van der Waals surface area contributed by atoms with Gasteiger partial charge in [-0.1, -0.05) is 13.8 Å². The lowest BCUT2D eigenvalue weighted by molar-refractivity contribution is 0.188. The van der Waals surface area contributed by atoms with E-state index in [1.54, 1.807) is 13.2 Å². The second kappa shape index (κ2) is 8.09. The predicted molar refractivity (Wildman–Crippen MR) is 82.6 cm³/mol. The first kappa shape index (κ1) is 17.6. The van der Waals surface area contributed by atoms with Crippen LogP contribution in [0.2, 0.25) is 0 Å². The number of rotatable bonds is 9. The minimum atomic E-state index is -3.42. The Kier molecular flexibility index (Phi) is 7.11. The first-order chi connectivity index (χ1) is 9.35. The summed E-state index contributed by atoms with van der Waals surface area (Å²) in [5.74, 6) is 0. The Bertz CT molecular complexity index is 497. The first-order valence-corrected chi connectivity index (χ1v) is 9.03. The summed E-state index contributed by atoms with van der Waals surface area (Å²) in [5.41, 5.74) is 0.994. The summed E-state index contributed by atoms with van der Waals surface area (Å²) in [6.07, 6.45) is 0.656. The van der Waals surface area contributed by atoms with Crippen LogP contribution >= 0.6 is 11.3 Å². The van der Waals surface area contributed by atoms with Crippen LogP contribution in [-0.4, -0.2) is 34.2 Å². The van der Waals surface area contributed by atoms with Crippen LogP contribution in [0, 0.1) is 0 Å². The molecule has 2 N–H and O–H groups in total. The van der Waals surface area contributed by atoms with Crippen molar-refractivity contribution in [2.75, 3.05) is 13.7 Å². The van der Waals surface area contributed by atoms with E-state index in [0.29, 0.717) is 29.8 Å². The van der Waals surface area contributed by atoms with Crippen LogP contribution in [0.1, 0.15) is 32.8 Å². The first-order valence-electron chi connectivity index (χ1n) is 6.67. The second-order valence-corrected chi connectivity index (χ2v) is 7.97. The Morgan fingerprint density at radius 2 is 2.05 bits per heavy atom. The highest BCUT2D eigenvalue weighted by Gasteiger charge is 2.19. The van der Waals surface area contributed by atoms with Crippen molar-refractivity contribution in [2.45, 2.75) is 50.0 Å². The monoisotopic (exact) mass is 320 g/mol. The van der Waals surface area contributed by atoms with Gasteiger partial charge in [0.2, 0.25) is 10.0 Å². The topological polar surface area (TPSA) is 67.4 Å². The van der Waals surface area contributed by atoms with Gasteiger partial charge in [0.25, 0.3) is 0 Å². The summed E-state index contributed by atoms with van der Waals surface area (Å²) >= 11 is 1.25. The average Bonchev–Trinajstić information content (AvgIpc) is 2.83. The average molecular weight is 320 g/mol. The maximum Gasteiger partial charge on any atom is 0.250 e. The van der Waals surface area contributed by atoms with E-state index >= 15 is 0 Å². The number of sulfonamides is 1. The van der Waals surface area contributed by atoms with E-state index in [1.165, 1.54) is 11.3 Å². The highest BCUT2D eigenvalue weighted by atomic mass is 32.2. The lowest BCUT2D eigenvalue weighted by Gasteiger charge is -2.12. The molecule has 0 amide bonds. The molecule has 1 rings (SSSR count). The summed E-state index contributed by atoms with van der Waals surface area (Å²) in [6.45, 7) is 7.18. The number of hydrogen-bond acceptors (Lipinski definition) is 5. The summed E-state index contributed by atoms with van der Waals surface area (Å²) in [7, 11) is -1.82. The Morgan fingerprint density at radius 1 is 1.35 bits per heavy atom. The zero-order valence-electron chi connectivity index (χ0n) is 12.5. The van der Waals surface area contributed by atoms with Crippen molar-refractivity contribution in [3.8, 4) is 0 Å². The lowest BCUT2D eigenvalue weighted by Crippen LogP contribution is -2.32. The van der Waals surface area contributed by atoms with Crippen molar-refractivity contribution in [1.82, 2.24) is 10.0 Å². The molecule has 0 saturated heterocycles. The number of thiophene rings is 1. The van der Waals surface area contributed by atoms with E-state index in [-0.39, 0.29) is 6.04 Å². The Balaban J connectivity index is 2.63. The van der Waals surface area contributed by atoms with Crippen molar-refractivity contribution >= 4 is 21.4 Å². The minimum Gasteiger partial charge on any atom is -0.385 e. The highest BCUT2D eigenvalue weighted by molar-refractivity contribution is 7.91. The van der Waals surface area contributed by atoms with Crippen LogP contribution in [-0.2, 0) is 21.3 Å². The summed E-state index contributed by atoms with van der Waals surface area (Å²) in [6, 6.07) is 1.97. The van der Waals surface area contributed by atoms with Gasteiger partial charge in [-0.2, -0.15) is 0 Å². The van der Waals surface area contributed by atoms with Crippen molar-refractivity contribution in [1.29, 1.82) is 0 Å². The van der Waals surface area contributed by atoms with Crippen LogP contribution in [0.15, 0.2) is 15.7 Å². The van der Waals surface area contributed by atoms with E-state index in [1.807, 2.05) is 12.3 Å². The standard InChI is InChI=1S/C13H24N2O3S2/c1-10(2)14-8-12-7-13(19-9-12)20(16,17)15-11(3)5-6-18-4/h7,9-11,14-15H,5-6,8H2,1-4H3. The zero-order valence-corrected chi connectivity index (χ0v) is 14.1. The molecule has 1 aromatic heterocycles. The van der Waals surface area contributed by atoms with E-state index in [9.17, 15) is 8.42 Å². The van der Waals surface area contributed by atoms with Crippen LogP contribution in [0.5, 0.6) is 0 Å². The van der Waals surface area contributed by atoms with Crippen LogP contribution in [0.4, 0.5) is 0 Å². The normalized spacial score (nSPS) is 13.8. The maximum atomic E-state index is 12.2. The van der Waals surface area contributed by atoms with Gasteiger partial charge in [-0.15, -0.1) is 11.3 Å². The molecule has 1 heterocycles. The summed E-state index contributed by atoms with van der Waals surface area (Å²) in [4.78, 5) is 0. The second-order valence-electron chi connectivity index (χ2n) is 5.11. The summed E-state index contributed by atoms with van der Waals surface area (Å²) in [5, 5.41) is 5.15. The van der Waals surface area contributed by atoms with Gasteiger partial charge in [0.15, 0.2) is 0 Å². The van der Waals surface area contributed by atoms with Crippen molar-refractivity contribution in [3.63, 3.8) is 0 Å². The molecule has 0 bridgehead atoms. The lowest BCUT2D eigenvalue weighted by atomic mass is 10.3.